The van der Waals surface area contributed by atoms with Crippen LogP contribution in [0.1, 0.15) is 35.0 Å². The third-order valence-corrected chi connectivity index (χ3v) is 3.38. The van der Waals surface area contributed by atoms with Gasteiger partial charge >= 0.3 is 5.97 Å². The van der Waals surface area contributed by atoms with Crippen molar-refractivity contribution >= 4 is 21.9 Å². The molecule has 1 aromatic carbocycles. The largest absolute Gasteiger partial charge is 0.475 e. The maximum atomic E-state index is 11.1. The summed E-state index contributed by atoms with van der Waals surface area (Å²) in [6.07, 6.45) is 1.98. The van der Waals surface area contributed by atoms with Crippen LogP contribution in [0.3, 0.4) is 0 Å². The highest BCUT2D eigenvalue weighted by Gasteiger charge is 2.33. The fraction of sp³-hybridized carbons (Fsp3) is 0.231. The summed E-state index contributed by atoms with van der Waals surface area (Å²) in [5.74, 6) is -0.450. The zero-order valence-corrected chi connectivity index (χ0v) is 11.0. The molecule has 2 aromatic rings. The Morgan fingerprint density at radius 2 is 2.22 bits per heavy atom. The van der Waals surface area contributed by atoms with Crippen molar-refractivity contribution in [2.24, 2.45) is 0 Å². The van der Waals surface area contributed by atoms with Gasteiger partial charge in [0.15, 0.2) is 0 Å². The van der Waals surface area contributed by atoms with Gasteiger partial charge in [0.2, 0.25) is 11.7 Å². The second kappa shape index (κ2) is 4.24. The summed E-state index contributed by atoms with van der Waals surface area (Å²) >= 11 is 3.37. The zero-order chi connectivity index (χ0) is 12.7. The molecule has 1 N–H and O–H groups in total. The first kappa shape index (κ1) is 11.5. The summed E-state index contributed by atoms with van der Waals surface area (Å²) in [5.41, 5.74) is 1.36. The minimum absolute atomic E-state index is 0.0209. The van der Waals surface area contributed by atoms with Crippen molar-refractivity contribution in [2.45, 2.75) is 18.8 Å². The quantitative estimate of drug-likeness (QED) is 0.939. The number of hydrogen-bond acceptors (Lipinski definition) is 3. The van der Waals surface area contributed by atoms with Crippen LogP contribution in [0.5, 0.6) is 0 Å². The Hall–Kier alpha value is -1.62. The number of nitrogens with zero attached hydrogens (tertiary/aromatic N) is 1. The molecule has 0 spiro atoms. The number of halogens is 1. The number of aromatic carboxylic acids is 1. The highest BCUT2D eigenvalue weighted by atomic mass is 79.9. The number of aromatic nitrogens is 1. The van der Waals surface area contributed by atoms with Crippen LogP contribution in [-0.4, -0.2) is 16.1 Å². The van der Waals surface area contributed by atoms with Crippen LogP contribution in [0.2, 0.25) is 0 Å². The lowest BCUT2D eigenvalue weighted by Crippen LogP contribution is -1.98. The first-order valence-electron chi connectivity index (χ1n) is 5.65. The standard InChI is InChI=1S/C13H10BrNO3/c14-9-3-1-2-8(6-9)12-15-10(7-4-5-7)11(18-12)13(16)17/h1-3,6-7H,4-5H2,(H,16,17). The van der Waals surface area contributed by atoms with Gasteiger partial charge in [0, 0.05) is 16.0 Å². The lowest BCUT2D eigenvalue weighted by Gasteiger charge is -1.95. The van der Waals surface area contributed by atoms with E-state index >= 15 is 0 Å². The number of carbonyl (C=O) groups is 1. The molecule has 3 rings (SSSR count). The summed E-state index contributed by atoms with van der Waals surface area (Å²) in [6, 6.07) is 7.46. The normalized spacial score (nSPS) is 14.7. The minimum atomic E-state index is -1.05. The van der Waals surface area contributed by atoms with Gasteiger partial charge in [-0.15, -0.1) is 0 Å². The fourth-order valence-electron chi connectivity index (χ4n) is 1.86. The van der Waals surface area contributed by atoms with E-state index in [1.165, 1.54) is 0 Å². The van der Waals surface area contributed by atoms with Crippen LogP contribution in [-0.2, 0) is 0 Å². The van der Waals surface area contributed by atoms with E-state index in [0.29, 0.717) is 11.6 Å². The summed E-state index contributed by atoms with van der Waals surface area (Å²) in [6.45, 7) is 0. The Morgan fingerprint density at radius 3 is 2.83 bits per heavy atom. The molecule has 1 heterocycles. The molecule has 0 amide bonds. The van der Waals surface area contributed by atoms with Crippen LogP contribution in [0, 0.1) is 0 Å². The number of carboxylic acids is 1. The van der Waals surface area contributed by atoms with Crippen molar-refractivity contribution in [1.82, 2.24) is 4.98 Å². The number of carboxylic acid groups (broad SMARTS) is 1. The second-order valence-corrected chi connectivity index (χ2v) is 5.24. The molecule has 0 bridgehead atoms. The molecule has 1 aliphatic carbocycles. The SMILES string of the molecule is O=C(O)c1oc(-c2cccc(Br)c2)nc1C1CC1. The van der Waals surface area contributed by atoms with Crippen LogP contribution in [0.4, 0.5) is 0 Å². The van der Waals surface area contributed by atoms with Gasteiger partial charge in [0.1, 0.15) is 0 Å². The molecule has 18 heavy (non-hydrogen) atoms. The van der Waals surface area contributed by atoms with Crippen LogP contribution in [0.15, 0.2) is 33.2 Å². The van der Waals surface area contributed by atoms with Crippen molar-refractivity contribution < 1.29 is 14.3 Å². The fourth-order valence-corrected chi connectivity index (χ4v) is 2.26. The number of oxazole rings is 1. The molecule has 0 saturated heterocycles. The van der Waals surface area contributed by atoms with E-state index in [1.54, 1.807) is 0 Å². The number of hydrogen-bond donors (Lipinski definition) is 1. The molecule has 1 aliphatic rings. The number of benzene rings is 1. The van der Waals surface area contributed by atoms with Crippen molar-refractivity contribution in [3.05, 3.63) is 40.2 Å². The summed E-state index contributed by atoms with van der Waals surface area (Å²) < 4.78 is 6.29. The molecular weight excluding hydrogens is 298 g/mol. The average Bonchev–Trinajstić information content (AvgIpc) is 3.07. The molecule has 4 nitrogen and oxygen atoms in total. The second-order valence-electron chi connectivity index (χ2n) is 4.32. The third-order valence-electron chi connectivity index (χ3n) is 2.88. The van der Waals surface area contributed by atoms with Gasteiger partial charge in [-0.25, -0.2) is 9.78 Å². The summed E-state index contributed by atoms with van der Waals surface area (Å²) in [4.78, 5) is 15.5. The molecular formula is C13H10BrNO3. The van der Waals surface area contributed by atoms with E-state index in [4.69, 9.17) is 9.52 Å². The van der Waals surface area contributed by atoms with Gasteiger partial charge in [-0.2, -0.15) is 0 Å². The molecule has 0 unspecified atom stereocenters. The topological polar surface area (TPSA) is 63.3 Å². The van der Waals surface area contributed by atoms with Gasteiger partial charge in [-0.3, -0.25) is 0 Å². The van der Waals surface area contributed by atoms with E-state index in [-0.39, 0.29) is 11.7 Å². The monoisotopic (exact) mass is 307 g/mol. The van der Waals surface area contributed by atoms with Crippen LogP contribution in [0.25, 0.3) is 11.5 Å². The molecule has 0 aliphatic heterocycles. The van der Waals surface area contributed by atoms with Crippen LogP contribution >= 0.6 is 15.9 Å². The maximum Gasteiger partial charge on any atom is 0.373 e. The average molecular weight is 308 g/mol. The van der Waals surface area contributed by atoms with Crippen molar-refractivity contribution in [3.8, 4) is 11.5 Å². The van der Waals surface area contributed by atoms with E-state index in [9.17, 15) is 4.79 Å². The highest BCUT2D eigenvalue weighted by molar-refractivity contribution is 9.10. The number of rotatable bonds is 3. The van der Waals surface area contributed by atoms with Gasteiger partial charge in [-0.05, 0) is 31.0 Å². The smallest absolute Gasteiger partial charge is 0.373 e. The Kier molecular flexibility index (Phi) is 2.70. The molecule has 1 aromatic heterocycles. The Morgan fingerprint density at radius 1 is 1.44 bits per heavy atom. The summed E-state index contributed by atoms with van der Waals surface area (Å²) in [7, 11) is 0. The van der Waals surface area contributed by atoms with Crippen molar-refractivity contribution in [1.29, 1.82) is 0 Å². The highest BCUT2D eigenvalue weighted by Crippen LogP contribution is 2.42. The van der Waals surface area contributed by atoms with E-state index < -0.39 is 5.97 Å². The lowest BCUT2D eigenvalue weighted by molar-refractivity contribution is 0.0661. The first-order chi connectivity index (χ1) is 8.65. The van der Waals surface area contributed by atoms with Crippen LogP contribution < -0.4 is 0 Å². The molecule has 5 heteroatoms. The lowest BCUT2D eigenvalue weighted by atomic mass is 10.2. The minimum Gasteiger partial charge on any atom is -0.475 e. The predicted octanol–water partition coefficient (Wildman–Crippen LogP) is 3.68. The van der Waals surface area contributed by atoms with Gasteiger partial charge < -0.3 is 9.52 Å². The Bertz CT molecular complexity index is 616. The summed E-state index contributed by atoms with van der Waals surface area (Å²) in [5, 5.41) is 9.11. The van der Waals surface area contributed by atoms with Gasteiger partial charge in [-0.1, -0.05) is 22.0 Å². The molecule has 0 radical (unpaired) electrons. The molecule has 0 atom stereocenters. The molecule has 1 saturated carbocycles. The molecule has 1 fully saturated rings. The van der Waals surface area contributed by atoms with Crippen molar-refractivity contribution in [3.63, 3.8) is 0 Å². The Balaban J connectivity index is 2.07. The first-order valence-corrected chi connectivity index (χ1v) is 6.44. The van der Waals surface area contributed by atoms with E-state index in [0.717, 1.165) is 22.9 Å². The van der Waals surface area contributed by atoms with E-state index in [2.05, 4.69) is 20.9 Å². The Labute approximate surface area is 112 Å². The van der Waals surface area contributed by atoms with Gasteiger partial charge in [0.05, 0.1) is 5.69 Å². The molecule has 92 valence electrons. The predicted molar refractivity (Wildman–Crippen MR) is 68.6 cm³/mol. The van der Waals surface area contributed by atoms with Gasteiger partial charge in [0.25, 0.3) is 0 Å². The third kappa shape index (κ3) is 2.06. The van der Waals surface area contributed by atoms with E-state index in [1.807, 2.05) is 24.3 Å². The van der Waals surface area contributed by atoms with Crippen molar-refractivity contribution in [2.75, 3.05) is 0 Å². The maximum absolute atomic E-state index is 11.1. The zero-order valence-electron chi connectivity index (χ0n) is 9.39.